The molecule has 100 valence electrons. The minimum Gasteiger partial charge on any atom is -0.378 e. The Morgan fingerprint density at radius 3 is 2.72 bits per heavy atom. The van der Waals surface area contributed by atoms with Crippen molar-refractivity contribution in [3.63, 3.8) is 0 Å². The van der Waals surface area contributed by atoms with E-state index >= 15 is 0 Å². The van der Waals surface area contributed by atoms with Gasteiger partial charge in [0.2, 0.25) is 0 Å². The van der Waals surface area contributed by atoms with Crippen LogP contribution in [0.15, 0.2) is 18.5 Å². The van der Waals surface area contributed by atoms with E-state index in [-0.39, 0.29) is 5.54 Å². The first-order valence-electron chi connectivity index (χ1n) is 6.57. The van der Waals surface area contributed by atoms with Gasteiger partial charge < -0.3 is 15.0 Å². The Labute approximate surface area is 109 Å². The Bertz CT molecular complexity index is 381. The van der Waals surface area contributed by atoms with Crippen molar-refractivity contribution in [3.05, 3.63) is 24.0 Å². The molecule has 0 aromatic carbocycles. The maximum Gasteiger partial charge on any atom is 0.0642 e. The highest BCUT2D eigenvalue weighted by molar-refractivity contribution is 5.52. The van der Waals surface area contributed by atoms with Gasteiger partial charge in [-0.15, -0.1) is 0 Å². The predicted molar refractivity (Wildman–Crippen MR) is 73.9 cm³/mol. The minimum absolute atomic E-state index is 0.131. The van der Waals surface area contributed by atoms with Gasteiger partial charge in [0.15, 0.2) is 0 Å². The van der Waals surface area contributed by atoms with Crippen LogP contribution in [-0.2, 0) is 11.3 Å². The van der Waals surface area contributed by atoms with Crippen LogP contribution in [0.2, 0.25) is 0 Å². The van der Waals surface area contributed by atoms with Crippen LogP contribution in [0.25, 0.3) is 0 Å². The van der Waals surface area contributed by atoms with Crippen LogP contribution in [0, 0.1) is 0 Å². The molecule has 2 heterocycles. The second kappa shape index (κ2) is 5.67. The van der Waals surface area contributed by atoms with Gasteiger partial charge in [0.1, 0.15) is 0 Å². The van der Waals surface area contributed by atoms with Crippen molar-refractivity contribution in [2.45, 2.75) is 32.9 Å². The number of nitrogens with zero attached hydrogens (tertiary/aromatic N) is 2. The zero-order valence-electron chi connectivity index (χ0n) is 11.6. The molecule has 0 bridgehead atoms. The van der Waals surface area contributed by atoms with Gasteiger partial charge in [0.05, 0.1) is 25.1 Å². The van der Waals surface area contributed by atoms with E-state index < -0.39 is 0 Å². The van der Waals surface area contributed by atoms with E-state index in [4.69, 9.17) is 4.74 Å². The van der Waals surface area contributed by atoms with Crippen molar-refractivity contribution in [1.29, 1.82) is 0 Å². The third kappa shape index (κ3) is 3.68. The van der Waals surface area contributed by atoms with Gasteiger partial charge >= 0.3 is 0 Å². The second-order valence-electron chi connectivity index (χ2n) is 5.71. The summed E-state index contributed by atoms with van der Waals surface area (Å²) in [5.41, 5.74) is 2.67. The van der Waals surface area contributed by atoms with Crippen molar-refractivity contribution >= 4 is 5.69 Å². The summed E-state index contributed by atoms with van der Waals surface area (Å²) in [6, 6.07) is 2.10. The molecule has 1 fully saturated rings. The van der Waals surface area contributed by atoms with Crippen molar-refractivity contribution in [2.75, 3.05) is 31.2 Å². The molecule has 0 spiro atoms. The first-order chi connectivity index (χ1) is 8.56. The summed E-state index contributed by atoms with van der Waals surface area (Å²) in [6.07, 6.45) is 3.83. The molecule has 1 aliphatic heterocycles. The fourth-order valence-electron chi connectivity index (χ4n) is 2.01. The van der Waals surface area contributed by atoms with Crippen LogP contribution in [0.4, 0.5) is 5.69 Å². The van der Waals surface area contributed by atoms with E-state index in [2.05, 4.69) is 42.0 Å². The van der Waals surface area contributed by atoms with E-state index in [9.17, 15) is 0 Å². The van der Waals surface area contributed by atoms with Crippen LogP contribution in [-0.4, -0.2) is 36.8 Å². The van der Waals surface area contributed by atoms with Gasteiger partial charge in [-0.05, 0) is 32.4 Å². The molecule has 18 heavy (non-hydrogen) atoms. The lowest BCUT2D eigenvalue weighted by Gasteiger charge is -2.31. The van der Waals surface area contributed by atoms with E-state index in [0.29, 0.717) is 0 Å². The van der Waals surface area contributed by atoms with Crippen LogP contribution < -0.4 is 10.2 Å². The number of pyridine rings is 1. The molecule has 0 amide bonds. The Morgan fingerprint density at radius 2 is 2.06 bits per heavy atom. The predicted octanol–water partition coefficient (Wildman–Crippen LogP) is 1.81. The number of hydrogen-bond donors (Lipinski definition) is 1. The monoisotopic (exact) mass is 249 g/mol. The lowest BCUT2D eigenvalue weighted by atomic mass is 10.1. The summed E-state index contributed by atoms with van der Waals surface area (Å²) in [7, 11) is 0. The average Bonchev–Trinajstić information content (AvgIpc) is 2.37. The molecule has 1 saturated heterocycles. The molecule has 1 N–H and O–H groups in total. The second-order valence-corrected chi connectivity index (χ2v) is 5.71. The van der Waals surface area contributed by atoms with Crippen LogP contribution >= 0.6 is 0 Å². The van der Waals surface area contributed by atoms with Crippen molar-refractivity contribution < 1.29 is 4.74 Å². The third-order valence-electron chi connectivity index (χ3n) is 3.05. The Balaban J connectivity index is 2.09. The zero-order chi connectivity index (χ0) is 13.0. The number of ether oxygens (including phenoxy) is 1. The Kier molecular flexibility index (Phi) is 4.19. The Hall–Kier alpha value is -1.13. The highest BCUT2D eigenvalue weighted by atomic mass is 16.5. The van der Waals surface area contributed by atoms with E-state index in [1.54, 1.807) is 0 Å². The fourth-order valence-corrected chi connectivity index (χ4v) is 2.01. The van der Waals surface area contributed by atoms with Gasteiger partial charge in [0, 0.05) is 31.4 Å². The fraction of sp³-hybridized carbons (Fsp3) is 0.643. The highest BCUT2D eigenvalue weighted by Crippen LogP contribution is 2.20. The first-order valence-corrected chi connectivity index (χ1v) is 6.57. The minimum atomic E-state index is 0.131. The SMILES string of the molecule is CC(C)(C)NCc1ccncc1N1CCOCC1. The molecular weight excluding hydrogens is 226 g/mol. The largest absolute Gasteiger partial charge is 0.378 e. The number of morpholine rings is 1. The van der Waals surface area contributed by atoms with Crippen molar-refractivity contribution in [2.24, 2.45) is 0 Å². The third-order valence-corrected chi connectivity index (χ3v) is 3.05. The van der Waals surface area contributed by atoms with Gasteiger partial charge in [-0.2, -0.15) is 0 Å². The summed E-state index contributed by atoms with van der Waals surface area (Å²) in [6.45, 7) is 10.9. The number of hydrogen-bond acceptors (Lipinski definition) is 4. The summed E-state index contributed by atoms with van der Waals surface area (Å²) in [4.78, 5) is 6.61. The molecule has 4 heteroatoms. The molecule has 1 aliphatic rings. The van der Waals surface area contributed by atoms with E-state index in [1.165, 1.54) is 11.3 Å². The molecule has 1 aromatic heterocycles. The average molecular weight is 249 g/mol. The summed E-state index contributed by atoms with van der Waals surface area (Å²) < 4.78 is 5.40. The smallest absolute Gasteiger partial charge is 0.0642 e. The van der Waals surface area contributed by atoms with E-state index in [1.807, 2.05) is 12.4 Å². The zero-order valence-corrected chi connectivity index (χ0v) is 11.6. The number of anilines is 1. The molecule has 0 atom stereocenters. The lowest BCUT2D eigenvalue weighted by molar-refractivity contribution is 0.122. The van der Waals surface area contributed by atoms with Crippen LogP contribution in [0.1, 0.15) is 26.3 Å². The molecule has 1 aromatic rings. The normalized spacial score (nSPS) is 16.9. The lowest BCUT2D eigenvalue weighted by Crippen LogP contribution is -2.38. The van der Waals surface area contributed by atoms with Gasteiger partial charge in [-0.1, -0.05) is 0 Å². The summed E-state index contributed by atoms with van der Waals surface area (Å²) >= 11 is 0. The van der Waals surface area contributed by atoms with Crippen LogP contribution in [0.3, 0.4) is 0 Å². The summed E-state index contributed by atoms with van der Waals surface area (Å²) in [5.74, 6) is 0. The molecule has 0 radical (unpaired) electrons. The van der Waals surface area contributed by atoms with Crippen molar-refractivity contribution in [1.82, 2.24) is 10.3 Å². The topological polar surface area (TPSA) is 37.4 Å². The van der Waals surface area contributed by atoms with Gasteiger partial charge in [0.25, 0.3) is 0 Å². The van der Waals surface area contributed by atoms with Gasteiger partial charge in [-0.25, -0.2) is 0 Å². The quantitative estimate of drug-likeness (QED) is 0.886. The molecule has 4 nitrogen and oxygen atoms in total. The number of rotatable bonds is 3. The number of nitrogens with one attached hydrogen (secondary N) is 1. The maximum atomic E-state index is 5.40. The molecule has 0 unspecified atom stereocenters. The molecule has 0 aliphatic carbocycles. The standard InChI is InChI=1S/C14H23N3O/c1-14(2,3)16-10-12-4-5-15-11-13(12)17-6-8-18-9-7-17/h4-5,11,16H,6-10H2,1-3H3. The van der Waals surface area contributed by atoms with Gasteiger partial charge in [-0.3, -0.25) is 4.98 Å². The van der Waals surface area contributed by atoms with E-state index in [0.717, 1.165) is 32.8 Å². The molecular formula is C14H23N3O. The Morgan fingerprint density at radius 1 is 1.33 bits per heavy atom. The number of aromatic nitrogens is 1. The summed E-state index contributed by atoms with van der Waals surface area (Å²) in [5, 5.41) is 3.53. The molecule has 2 rings (SSSR count). The molecule has 0 saturated carbocycles. The highest BCUT2D eigenvalue weighted by Gasteiger charge is 2.16. The van der Waals surface area contributed by atoms with Crippen LogP contribution in [0.5, 0.6) is 0 Å². The maximum absolute atomic E-state index is 5.40. The van der Waals surface area contributed by atoms with Crippen molar-refractivity contribution in [3.8, 4) is 0 Å². The first kappa shape index (κ1) is 13.3.